The molecule has 5 rings (SSSR count). The van der Waals surface area contributed by atoms with Gasteiger partial charge < -0.3 is 0 Å². The standard InChI is InChI=1S/C33H21NO4S2/c1-21(35)39-29-12-7-23(8-13-29)3-5-25-11-16-31-27(17-25)20-28-18-26(19-32(33(28)31)34(37)38)6-4-24-9-14-30(15-10-24)40-22(2)36/h7-19H,20H2,1-2H3. The van der Waals surface area contributed by atoms with Crippen molar-refractivity contribution in [2.75, 3.05) is 0 Å². The van der Waals surface area contributed by atoms with Crippen LogP contribution in [-0.4, -0.2) is 15.2 Å². The number of nitro groups is 1. The largest absolute Gasteiger partial charge is 0.287 e. The van der Waals surface area contributed by atoms with Crippen molar-refractivity contribution in [2.24, 2.45) is 0 Å². The normalized spacial score (nSPS) is 10.8. The summed E-state index contributed by atoms with van der Waals surface area (Å²) in [5.41, 5.74) is 6.36. The molecule has 4 aromatic carbocycles. The minimum atomic E-state index is -0.353. The van der Waals surface area contributed by atoms with Crippen molar-refractivity contribution in [3.63, 3.8) is 0 Å². The lowest BCUT2D eigenvalue weighted by Gasteiger charge is -2.04. The molecule has 1 aliphatic rings. The van der Waals surface area contributed by atoms with Gasteiger partial charge in [-0.25, -0.2) is 0 Å². The summed E-state index contributed by atoms with van der Waals surface area (Å²) >= 11 is 2.34. The molecule has 1 aliphatic carbocycles. The highest BCUT2D eigenvalue weighted by Crippen LogP contribution is 2.43. The van der Waals surface area contributed by atoms with Crippen LogP contribution in [-0.2, 0) is 16.0 Å². The van der Waals surface area contributed by atoms with Crippen LogP contribution in [0.5, 0.6) is 0 Å². The van der Waals surface area contributed by atoms with E-state index >= 15 is 0 Å². The van der Waals surface area contributed by atoms with Gasteiger partial charge in [0.05, 0.1) is 10.5 Å². The smallest absolute Gasteiger partial charge is 0.278 e. The first-order chi connectivity index (χ1) is 19.2. The Morgan fingerprint density at radius 3 is 1.68 bits per heavy atom. The van der Waals surface area contributed by atoms with Gasteiger partial charge in [-0.2, -0.15) is 0 Å². The second kappa shape index (κ2) is 11.7. The van der Waals surface area contributed by atoms with Crippen molar-refractivity contribution in [1.82, 2.24) is 0 Å². The fourth-order valence-electron chi connectivity index (χ4n) is 4.45. The van der Waals surface area contributed by atoms with Gasteiger partial charge in [-0.1, -0.05) is 53.3 Å². The molecule has 0 amide bonds. The van der Waals surface area contributed by atoms with Crippen LogP contribution in [0.4, 0.5) is 5.69 Å². The maximum atomic E-state index is 12.0. The Bertz CT molecular complexity index is 1800. The van der Waals surface area contributed by atoms with Crippen molar-refractivity contribution in [3.8, 4) is 34.8 Å². The van der Waals surface area contributed by atoms with Crippen LogP contribution in [0.2, 0.25) is 0 Å². The summed E-state index contributed by atoms with van der Waals surface area (Å²) in [6, 6.07) is 24.1. The summed E-state index contributed by atoms with van der Waals surface area (Å²) in [5.74, 6) is 12.5. The van der Waals surface area contributed by atoms with Gasteiger partial charge >= 0.3 is 0 Å². The summed E-state index contributed by atoms with van der Waals surface area (Å²) in [6.07, 6.45) is 0.560. The number of rotatable bonds is 3. The summed E-state index contributed by atoms with van der Waals surface area (Å²) in [7, 11) is 0. The number of nitrogens with zero attached hydrogens (tertiary/aromatic N) is 1. The first-order valence-electron chi connectivity index (χ1n) is 12.3. The van der Waals surface area contributed by atoms with E-state index in [1.165, 1.54) is 31.7 Å². The molecule has 4 aromatic rings. The molecule has 0 fully saturated rings. The highest BCUT2D eigenvalue weighted by atomic mass is 32.2. The fourth-order valence-corrected chi connectivity index (χ4v) is 5.66. The third kappa shape index (κ3) is 6.35. The summed E-state index contributed by atoms with van der Waals surface area (Å²) in [4.78, 5) is 35.9. The predicted molar refractivity (Wildman–Crippen MR) is 159 cm³/mol. The molecule has 40 heavy (non-hydrogen) atoms. The van der Waals surface area contributed by atoms with Gasteiger partial charge in [-0.05, 0) is 89.8 Å². The first kappa shape index (κ1) is 27.0. The van der Waals surface area contributed by atoms with Gasteiger partial charge in [-0.3, -0.25) is 19.7 Å². The molecule has 0 unspecified atom stereocenters. The van der Waals surface area contributed by atoms with Crippen molar-refractivity contribution in [2.45, 2.75) is 30.1 Å². The second-order valence-electron chi connectivity index (χ2n) is 9.07. The lowest BCUT2D eigenvalue weighted by atomic mass is 10.00. The molecule has 0 saturated carbocycles. The molecule has 0 N–H and O–H groups in total. The van der Waals surface area contributed by atoms with E-state index in [2.05, 4.69) is 23.7 Å². The van der Waals surface area contributed by atoms with Crippen LogP contribution < -0.4 is 0 Å². The van der Waals surface area contributed by atoms with E-state index < -0.39 is 0 Å². The van der Waals surface area contributed by atoms with Gasteiger partial charge in [0.15, 0.2) is 10.2 Å². The summed E-state index contributed by atoms with van der Waals surface area (Å²) in [6.45, 7) is 3.05. The lowest BCUT2D eigenvalue weighted by Crippen LogP contribution is -1.94. The molecule has 0 saturated heterocycles. The molecule has 7 heteroatoms. The van der Waals surface area contributed by atoms with Crippen LogP contribution in [0.15, 0.2) is 88.7 Å². The number of carbonyl (C=O) groups excluding carboxylic acids is 2. The van der Waals surface area contributed by atoms with Gasteiger partial charge in [0.25, 0.3) is 5.69 Å². The molecule has 0 bridgehead atoms. The minimum Gasteiger partial charge on any atom is -0.287 e. The minimum absolute atomic E-state index is 0.0143. The van der Waals surface area contributed by atoms with Crippen LogP contribution in [0.25, 0.3) is 11.1 Å². The molecule has 0 aromatic heterocycles. The van der Waals surface area contributed by atoms with Gasteiger partial charge in [0.2, 0.25) is 0 Å². The van der Waals surface area contributed by atoms with Gasteiger partial charge in [0.1, 0.15) is 0 Å². The maximum absolute atomic E-state index is 12.0. The molecule has 0 radical (unpaired) electrons. The topological polar surface area (TPSA) is 77.3 Å². The quantitative estimate of drug-likeness (QED) is 0.100. The number of fused-ring (bicyclic) bond motifs is 3. The second-order valence-corrected chi connectivity index (χ2v) is 11.6. The molecular formula is C33H21NO4S2. The lowest BCUT2D eigenvalue weighted by molar-refractivity contribution is -0.384. The molecule has 0 heterocycles. The monoisotopic (exact) mass is 559 g/mol. The van der Waals surface area contributed by atoms with Crippen LogP contribution >= 0.6 is 23.5 Å². The highest BCUT2D eigenvalue weighted by molar-refractivity contribution is 8.13. The van der Waals surface area contributed by atoms with E-state index in [1.807, 2.05) is 72.8 Å². The fraction of sp³-hybridized carbons (Fsp3) is 0.0909. The van der Waals surface area contributed by atoms with Crippen molar-refractivity contribution >= 4 is 39.4 Å². The van der Waals surface area contributed by atoms with E-state index in [4.69, 9.17) is 0 Å². The third-order valence-corrected chi connectivity index (χ3v) is 7.68. The van der Waals surface area contributed by atoms with Crippen molar-refractivity contribution < 1.29 is 14.5 Å². The highest BCUT2D eigenvalue weighted by Gasteiger charge is 2.28. The Labute approximate surface area is 240 Å². The zero-order valence-electron chi connectivity index (χ0n) is 21.6. The van der Waals surface area contributed by atoms with E-state index in [0.717, 1.165) is 54.9 Å². The first-order valence-corrected chi connectivity index (χ1v) is 13.9. The van der Waals surface area contributed by atoms with E-state index in [9.17, 15) is 19.7 Å². The Morgan fingerprint density at radius 2 is 1.15 bits per heavy atom. The number of thioether (sulfide) groups is 2. The molecule has 0 aliphatic heterocycles. The zero-order valence-corrected chi connectivity index (χ0v) is 23.2. The number of hydrogen-bond donors (Lipinski definition) is 0. The van der Waals surface area contributed by atoms with Crippen LogP contribution in [0.3, 0.4) is 0 Å². The van der Waals surface area contributed by atoms with Gasteiger partial charge in [-0.15, -0.1) is 0 Å². The molecule has 194 valence electrons. The maximum Gasteiger partial charge on any atom is 0.278 e. The zero-order chi connectivity index (χ0) is 28.2. The molecule has 0 spiro atoms. The third-order valence-electron chi connectivity index (χ3n) is 6.09. The van der Waals surface area contributed by atoms with E-state index in [0.29, 0.717) is 17.5 Å². The van der Waals surface area contributed by atoms with Crippen LogP contribution in [0.1, 0.15) is 47.2 Å². The Morgan fingerprint density at radius 1 is 0.675 bits per heavy atom. The molecule has 5 nitrogen and oxygen atoms in total. The Balaban J connectivity index is 1.39. The summed E-state index contributed by atoms with van der Waals surface area (Å²) < 4.78 is 0. The average molecular weight is 560 g/mol. The predicted octanol–water partition coefficient (Wildman–Crippen LogP) is 7.24. The molecular weight excluding hydrogens is 539 g/mol. The SMILES string of the molecule is CC(=O)Sc1ccc(C#Cc2ccc3c(c2)Cc2cc(C#Cc4ccc(SC(C)=O)cc4)cc([N+](=O)[O-])c2-3)cc1. The summed E-state index contributed by atoms with van der Waals surface area (Å²) in [5, 5.41) is 12.1. The van der Waals surface area contributed by atoms with Crippen molar-refractivity contribution in [1.29, 1.82) is 0 Å². The molecule has 0 atom stereocenters. The number of benzene rings is 4. The van der Waals surface area contributed by atoms with Crippen LogP contribution in [0, 0.1) is 33.8 Å². The Kier molecular flexibility index (Phi) is 7.89. The number of carbonyl (C=O) groups is 2. The Hall–Kier alpha value is -4.56. The van der Waals surface area contributed by atoms with E-state index in [1.54, 1.807) is 0 Å². The number of nitro benzene ring substituents is 1. The van der Waals surface area contributed by atoms with E-state index in [-0.39, 0.29) is 20.8 Å². The van der Waals surface area contributed by atoms with Crippen molar-refractivity contribution in [3.05, 3.63) is 122 Å². The average Bonchev–Trinajstić information content (AvgIpc) is 3.28. The van der Waals surface area contributed by atoms with Gasteiger partial charge in [0, 0.05) is 52.0 Å². The number of hydrogen-bond acceptors (Lipinski definition) is 6.